The van der Waals surface area contributed by atoms with Gasteiger partial charge in [0.2, 0.25) is 5.91 Å². The topological polar surface area (TPSA) is 114 Å². The molecule has 1 amide bonds. The summed E-state index contributed by atoms with van der Waals surface area (Å²) in [4.78, 5) is 45.6. The number of benzene rings is 1. The number of carbonyl (C=O) groups is 2. The van der Waals surface area contributed by atoms with Gasteiger partial charge in [-0.2, -0.15) is 13.2 Å². The van der Waals surface area contributed by atoms with E-state index in [4.69, 9.17) is 4.74 Å². The summed E-state index contributed by atoms with van der Waals surface area (Å²) in [7, 11) is 0. The van der Waals surface area contributed by atoms with Gasteiger partial charge in [0.1, 0.15) is 24.3 Å². The summed E-state index contributed by atoms with van der Waals surface area (Å²) in [5.74, 6) is -2.94. The van der Waals surface area contributed by atoms with Crippen LogP contribution in [0, 0.1) is 5.82 Å². The molecule has 2 aliphatic rings. The molecule has 1 aliphatic heterocycles. The van der Waals surface area contributed by atoms with Crippen molar-refractivity contribution >= 4 is 23.6 Å². The summed E-state index contributed by atoms with van der Waals surface area (Å²) >= 11 is 1.57. The Morgan fingerprint density at radius 3 is 2.64 bits per heavy atom. The first-order chi connectivity index (χ1) is 18.6. The maximum Gasteiger partial charge on any atom is 0.490 e. The standard InChI is InChI=1S/C25H28F4N4O5S/c26-15-4-6-16(7-5-15)37-14-17(38-23(36)25(27,28)29)12-30-10-8-21(34)33-11-9-20-19(13-33)22(35)32-24(31-20)39-18-2-1-3-18/h4-7,17-18,30H,1-3,8-14H2,(H,31,32,35). The van der Waals surface area contributed by atoms with E-state index in [1.807, 2.05) is 0 Å². The van der Waals surface area contributed by atoms with Gasteiger partial charge in [0.25, 0.3) is 5.56 Å². The molecule has 39 heavy (non-hydrogen) atoms. The number of amides is 1. The quantitative estimate of drug-likeness (QED) is 0.183. The van der Waals surface area contributed by atoms with Crippen molar-refractivity contribution in [3.8, 4) is 5.75 Å². The van der Waals surface area contributed by atoms with Gasteiger partial charge in [-0.15, -0.1) is 0 Å². The number of alkyl halides is 3. The Morgan fingerprint density at radius 2 is 1.97 bits per heavy atom. The molecule has 1 atom stereocenters. The number of esters is 1. The van der Waals surface area contributed by atoms with Crippen molar-refractivity contribution in [2.75, 3.05) is 26.2 Å². The molecule has 212 valence electrons. The normalized spacial score (nSPS) is 16.3. The zero-order valence-corrected chi connectivity index (χ0v) is 21.7. The first kappa shape index (κ1) is 28.9. The number of rotatable bonds is 11. The van der Waals surface area contributed by atoms with E-state index in [2.05, 4.69) is 20.0 Å². The monoisotopic (exact) mass is 572 g/mol. The summed E-state index contributed by atoms with van der Waals surface area (Å²) in [6.07, 6.45) is -2.65. The third-order valence-electron chi connectivity index (χ3n) is 6.37. The zero-order valence-electron chi connectivity index (χ0n) is 20.9. The van der Waals surface area contributed by atoms with Crippen molar-refractivity contribution in [1.82, 2.24) is 20.2 Å². The molecule has 2 heterocycles. The Kier molecular flexibility index (Phi) is 9.49. The molecule has 2 aromatic rings. The Hall–Kier alpha value is -3.13. The van der Waals surface area contributed by atoms with Gasteiger partial charge < -0.3 is 24.7 Å². The zero-order chi connectivity index (χ0) is 28.0. The highest BCUT2D eigenvalue weighted by atomic mass is 32.2. The highest BCUT2D eigenvalue weighted by Gasteiger charge is 2.42. The van der Waals surface area contributed by atoms with Crippen LogP contribution in [0.15, 0.2) is 34.2 Å². The van der Waals surface area contributed by atoms with E-state index in [-0.39, 0.29) is 43.3 Å². The van der Waals surface area contributed by atoms with Crippen molar-refractivity contribution in [2.24, 2.45) is 0 Å². The minimum atomic E-state index is -5.18. The predicted octanol–water partition coefficient (Wildman–Crippen LogP) is 2.97. The second-order valence-electron chi connectivity index (χ2n) is 9.28. The molecule has 0 radical (unpaired) electrons. The van der Waals surface area contributed by atoms with Crippen molar-refractivity contribution < 1.29 is 36.6 Å². The molecule has 4 rings (SSSR count). The highest BCUT2D eigenvalue weighted by molar-refractivity contribution is 7.99. The van der Waals surface area contributed by atoms with Crippen molar-refractivity contribution in [3.05, 3.63) is 51.7 Å². The van der Waals surface area contributed by atoms with Gasteiger partial charge >= 0.3 is 12.1 Å². The number of H-pyrrole nitrogens is 1. The molecule has 1 aromatic carbocycles. The maximum absolute atomic E-state index is 13.0. The van der Waals surface area contributed by atoms with E-state index in [0.29, 0.717) is 34.6 Å². The number of fused-ring (bicyclic) bond motifs is 1. The Labute approximate surface area is 225 Å². The molecule has 0 spiro atoms. The van der Waals surface area contributed by atoms with Crippen LogP contribution in [-0.4, -0.2) is 70.5 Å². The van der Waals surface area contributed by atoms with Crippen LogP contribution in [0.25, 0.3) is 0 Å². The number of thioether (sulfide) groups is 1. The van der Waals surface area contributed by atoms with E-state index >= 15 is 0 Å². The average molecular weight is 573 g/mol. The number of aromatic amines is 1. The van der Waals surface area contributed by atoms with Gasteiger partial charge in [-0.1, -0.05) is 18.2 Å². The molecule has 1 unspecified atom stereocenters. The van der Waals surface area contributed by atoms with Crippen LogP contribution in [0.5, 0.6) is 5.75 Å². The molecule has 1 aliphatic carbocycles. The first-order valence-corrected chi connectivity index (χ1v) is 13.4. The molecule has 2 N–H and O–H groups in total. The largest absolute Gasteiger partial charge is 0.490 e. The summed E-state index contributed by atoms with van der Waals surface area (Å²) in [6, 6.07) is 4.81. The number of hydrogen-bond acceptors (Lipinski definition) is 8. The summed E-state index contributed by atoms with van der Waals surface area (Å²) in [5, 5.41) is 3.90. The van der Waals surface area contributed by atoms with E-state index in [9.17, 15) is 31.9 Å². The lowest BCUT2D eigenvalue weighted by atomic mass is 10.0. The average Bonchev–Trinajstić information content (AvgIpc) is 2.87. The minimum absolute atomic E-state index is 0.00897. The van der Waals surface area contributed by atoms with Gasteiger partial charge in [0.05, 0.1) is 17.8 Å². The van der Waals surface area contributed by atoms with Crippen molar-refractivity contribution in [2.45, 2.75) is 61.3 Å². The fraction of sp³-hybridized carbons (Fsp3) is 0.520. The van der Waals surface area contributed by atoms with Gasteiger partial charge in [0.15, 0.2) is 5.16 Å². The van der Waals surface area contributed by atoms with E-state index in [1.54, 1.807) is 16.7 Å². The van der Waals surface area contributed by atoms with Gasteiger partial charge in [-0.25, -0.2) is 14.2 Å². The van der Waals surface area contributed by atoms with Crippen molar-refractivity contribution in [1.29, 1.82) is 0 Å². The summed E-state index contributed by atoms with van der Waals surface area (Å²) < 4.78 is 61.0. The molecule has 1 aromatic heterocycles. The van der Waals surface area contributed by atoms with Crippen molar-refractivity contribution in [3.63, 3.8) is 0 Å². The van der Waals surface area contributed by atoms with E-state index in [1.165, 1.54) is 18.6 Å². The van der Waals surface area contributed by atoms with Crippen LogP contribution < -0.4 is 15.6 Å². The third kappa shape index (κ3) is 8.18. The van der Waals surface area contributed by atoms with E-state index in [0.717, 1.165) is 25.0 Å². The van der Waals surface area contributed by atoms with Crippen LogP contribution in [0.1, 0.15) is 36.9 Å². The van der Waals surface area contributed by atoms with Gasteiger partial charge in [-0.3, -0.25) is 9.59 Å². The smallest absolute Gasteiger partial charge is 0.490 e. The summed E-state index contributed by atoms with van der Waals surface area (Å²) in [5.41, 5.74) is 0.892. The maximum atomic E-state index is 13.0. The SMILES string of the molecule is O=C(CCNCC(COc1ccc(F)cc1)OC(=O)C(F)(F)F)N1CCc2nc(SC3CCC3)[nH]c(=O)c2C1. The van der Waals surface area contributed by atoms with Crippen LogP contribution in [0.4, 0.5) is 17.6 Å². The number of aromatic nitrogens is 2. The molecule has 0 saturated heterocycles. The minimum Gasteiger partial charge on any atom is -0.490 e. The molecular formula is C25H28F4N4O5S. The van der Waals surface area contributed by atoms with Crippen LogP contribution in [0.3, 0.4) is 0 Å². The van der Waals surface area contributed by atoms with Crippen LogP contribution >= 0.6 is 11.8 Å². The fourth-order valence-corrected chi connectivity index (χ4v) is 5.21. The first-order valence-electron chi connectivity index (χ1n) is 12.5. The number of hydrogen-bond donors (Lipinski definition) is 2. The molecule has 9 nitrogen and oxygen atoms in total. The molecule has 1 saturated carbocycles. The number of nitrogens with one attached hydrogen (secondary N) is 2. The van der Waals surface area contributed by atoms with Crippen LogP contribution in [-0.2, 0) is 27.3 Å². The molecular weight excluding hydrogens is 544 g/mol. The lowest BCUT2D eigenvalue weighted by molar-refractivity contribution is -0.205. The second kappa shape index (κ2) is 12.8. The fourth-order valence-electron chi connectivity index (χ4n) is 4.01. The Morgan fingerprint density at radius 1 is 1.23 bits per heavy atom. The Bertz CT molecular complexity index is 1220. The number of halogens is 4. The third-order valence-corrected chi connectivity index (χ3v) is 7.59. The summed E-state index contributed by atoms with van der Waals surface area (Å²) in [6.45, 7) is -0.0298. The molecule has 1 fully saturated rings. The van der Waals surface area contributed by atoms with Gasteiger partial charge in [-0.05, 0) is 37.1 Å². The molecule has 14 heteroatoms. The Balaban J connectivity index is 1.26. The van der Waals surface area contributed by atoms with Gasteiger partial charge in [0, 0.05) is 37.7 Å². The van der Waals surface area contributed by atoms with E-state index < -0.39 is 30.7 Å². The predicted molar refractivity (Wildman–Crippen MR) is 133 cm³/mol. The highest BCUT2D eigenvalue weighted by Crippen LogP contribution is 2.34. The lowest BCUT2D eigenvalue weighted by Gasteiger charge is -2.29. The van der Waals surface area contributed by atoms with Crippen LogP contribution in [0.2, 0.25) is 0 Å². The number of nitrogens with zero attached hydrogens (tertiary/aromatic N) is 2. The lowest BCUT2D eigenvalue weighted by Crippen LogP contribution is -2.42. The second-order valence-corrected chi connectivity index (χ2v) is 10.6. The number of ether oxygens (including phenoxy) is 2. The number of carbonyl (C=O) groups excluding carboxylic acids is 2. The molecule has 0 bridgehead atoms.